The SMILES string of the molecule is CC1CN(c2ccccc2F)CCN1C(=O)c1cc[nH]c1C1CC1. The largest absolute Gasteiger partial charge is 0.365 e. The third-order valence-corrected chi connectivity index (χ3v) is 5.08. The fourth-order valence-electron chi connectivity index (χ4n) is 3.62. The predicted molar refractivity (Wildman–Crippen MR) is 91.9 cm³/mol. The molecule has 126 valence electrons. The second-order valence-corrected chi connectivity index (χ2v) is 6.82. The molecule has 1 atom stereocenters. The van der Waals surface area contributed by atoms with Gasteiger partial charge in [-0.3, -0.25) is 4.79 Å². The van der Waals surface area contributed by atoms with Crippen LogP contribution in [-0.2, 0) is 0 Å². The monoisotopic (exact) mass is 327 g/mol. The highest BCUT2D eigenvalue weighted by Gasteiger charge is 2.34. The van der Waals surface area contributed by atoms with Gasteiger partial charge >= 0.3 is 0 Å². The Morgan fingerprint density at radius 3 is 2.71 bits per heavy atom. The van der Waals surface area contributed by atoms with Gasteiger partial charge in [0.05, 0.1) is 11.3 Å². The molecule has 24 heavy (non-hydrogen) atoms. The minimum Gasteiger partial charge on any atom is -0.365 e. The van der Waals surface area contributed by atoms with Crippen LogP contribution in [-0.4, -0.2) is 41.5 Å². The van der Waals surface area contributed by atoms with E-state index >= 15 is 0 Å². The highest BCUT2D eigenvalue weighted by molar-refractivity contribution is 5.96. The van der Waals surface area contributed by atoms with Crippen molar-refractivity contribution in [1.82, 2.24) is 9.88 Å². The average molecular weight is 327 g/mol. The number of para-hydroxylation sites is 1. The molecule has 1 aliphatic carbocycles. The summed E-state index contributed by atoms with van der Waals surface area (Å²) in [4.78, 5) is 20.1. The number of amides is 1. The van der Waals surface area contributed by atoms with Crippen molar-refractivity contribution in [1.29, 1.82) is 0 Å². The lowest BCUT2D eigenvalue weighted by Crippen LogP contribution is -2.54. The van der Waals surface area contributed by atoms with Crippen LogP contribution in [0.3, 0.4) is 0 Å². The average Bonchev–Trinajstić information content (AvgIpc) is 3.31. The van der Waals surface area contributed by atoms with Crippen molar-refractivity contribution in [2.24, 2.45) is 0 Å². The van der Waals surface area contributed by atoms with Crippen molar-refractivity contribution in [3.05, 3.63) is 53.6 Å². The van der Waals surface area contributed by atoms with Crippen LogP contribution < -0.4 is 4.90 Å². The number of piperazine rings is 1. The summed E-state index contributed by atoms with van der Waals surface area (Å²) in [5, 5.41) is 0. The van der Waals surface area contributed by atoms with Gasteiger partial charge < -0.3 is 14.8 Å². The third kappa shape index (κ3) is 2.68. The Kier molecular flexibility index (Phi) is 3.79. The first kappa shape index (κ1) is 15.2. The van der Waals surface area contributed by atoms with E-state index in [2.05, 4.69) is 4.98 Å². The quantitative estimate of drug-likeness (QED) is 0.939. The van der Waals surface area contributed by atoms with Gasteiger partial charge in [-0.05, 0) is 43.9 Å². The molecular formula is C19H22FN3O. The maximum absolute atomic E-state index is 14.0. The van der Waals surface area contributed by atoms with Crippen LogP contribution in [0.2, 0.25) is 0 Å². The number of anilines is 1. The molecule has 1 aromatic carbocycles. The summed E-state index contributed by atoms with van der Waals surface area (Å²) in [5.74, 6) is 0.416. The topological polar surface area (TPSA) is 39.3 Å². The molecule has 1 unspecified atom stereocenters. The van der Waals surface area contributed by atoms with Gasteiger partial charge in [-0.25, -0.2) is 4.39 Å². The number of hydrogen-bond acceptors (Lipinski definition) is 2. The Morgan fingerprint density at radius 1 is 1.21 bits per heavy atom. The van der Waals surface area contributed by atoms with Gasteiger partial charge in [0, 0.05) is 37.6 Å². The Labute approximate surface area is 141 Å². The number of rotatable bonds is 3. The maximum atomic E-state index is 14.0. The van der Waals surface area contributed by atoms with Gasteiger partial charge in [0.25, 0.3) is 5.91 Å². The van der Waals surface area contributed by atoms with Crippen molar-refractivity contribution in [3.8, 4) is 0 Å². The summed E-state index contributed by atoms with van der Waals surface area (Å²) in [6, 6.07) is 8.78. The van der Waals surface area contributed by atoms with E-state index in [0.717, 1.165) is 24.1 Å². The third-order valence-electron chi connectivity index (χ3n) is 5.08. The smallest absolute Gasteiger partial charge is 0.256 e. The Balaban J connectivity index is 1.50. The summed E-state index contributed by atoms with van der Waals surface area (Å²) in [5.41, 5.74) is 2.52. The normalized spacial score (nSPS) is 21.2. The molecule has 2 heterocycles. The molecule has 1 saturated heterocycles. The molecule has 0 radical (unpaired) electrons. The van der Waals surface area contributed by atoms with Gasteiger partial charge in [0.2, 0.25) is 0 Å². The summed E-state index contributed by atoms with van der Waals surface area (Å²) in [6.45, 7) is 3.95. The number of aromatic nitrogens is 1. The number of nitrogens with one attached hydrogen (secondary N) is 1. The Morgan fingerprint density at radius 2 is 2.00 bits per heavy atom. The number of halogens is 1. The lowest BCUT2D eigenvalue weighted by molar-refractivity contribution is 0.0673. The van der Waals surface area contributed by atoms with Crippen molar-refractivity contribution in [3.63, 3.8) is 0 Å². The van der Waals surface area contributed by atoms with E-state index in [9.17, 15) is 9.18 Å². The maximum Gasteiger partial charge on any atom is 0.256 e. The second kappa shape index (κ2) is 5.96. The lowest BCUT2D eigenvalue weighted by atomic mass is 10.1. The zero-order valence-corrected chi connectivity index (χ0v) is 13.8. The van der Waals surface area contributed by atoms with E-state index in [1.165, 1.54) is 6.07 Å². The van der Waals surface area contributed by atoms with Gasteiger partial charge in [-0.1, -0.05) is 12.1 Å². The van der Waals surface area contributed by atoms with Crippen molar-refractivity contribution in [2.45, 2.75) is 31.7 Å². The molecule has 1 amide bonds. The van der Waals surface area contributed by atoms with Crippen molar-refractivity contribution in [2.75, 3.05) is 24.5 Å². The summed E-state index contributed by atoms with van der Waals surface area (Å²) in [6.07, 6.45) is 4.19. The highest BCUT2D eigenvalue weighted by atomic mass is 19.1. The second-order valence-electron chi connectivity index (χ2n) is 6.82. The summed E-state index contributed by atoms with van der Waals surface area (Å²) >= 11 is 0. The first-order valence-corrected chi connectivity index (χ1v) is 8.63. The lowest BCUT2D eigenvalue weighted by Gasteiger charge is -2.41. The van der Waals surface area contributed by atoms with Crippen LogP contribution in [0, 0.1) is 5.82 Å². The zero-order chi connectivity index (χ0) is 16.7. The number of H-pyrrole nitrogens is 1. The zero-order valence-electron chi connectivity index (χ0n) is 13.8. The molecular weight excluding hydrogens is 305 g/mol. The number of carbonyl (C=O) groups is 1. The molecule has 2 aromatic rings. The summed E-state index contributed by atoms with van der Waals surface area (Å²) in [7, 11) is 0. The summed E-state index contributed by atoms with van der Waals surface area (Å²) < 4.78 is 14.0. The van der Waals surface area contributed by atoms with E-state index in [1.807, 2.05) is 35.1 Å². The number of benzene rings is 1. The molecule has 2 aliphatic rings. The highest BCUT2D eigenvalue weighted by Crippen LogP contribution is 2.41. The molecule has 0 bridgehead atoms. The van der Waals surface area contributed by atoms with E-state index in [4.69, 9.17) is 0 Å². The predicted octanol–water partition coefficient (Wildman–Crippen LogP) is 3.38. The van der Waals surface area contributed by atoms with Crippen LogP contribution in [0.5, 0.6) is 0 Å². The van der Waals surface area contributed by atoms with E-state index in [-0.39, 0.29) is 17.8 Å². The van der Waals surface area contributed by atoms with Crippen molar-refractivity contribution >= 4 is 11.6 Å². The number of aromatic amines is 1. The van der Waals surface area contributed by atoms with Crippen molar-refractivity contribution < 1.29 is 9.18 Å². The molecule has 4 nitrogen and oxygen atoms in total. The molecule has 2 fully saturated rings. The first-order valence-electron chi connectivity index (χ1n) is 8.63. The van der Waals surface area contributed by atoms with Crippen LogP contribution in [0.15, 0.2) is 36.5 Å². The minimum atomic E-state index is -0.203. The van der Waals surface area contributed by atoms with Crippen LogP contribution in [0.4, 0.5) is 10.1 Å². The first-order chi connectivity index (χ1) is 11.6. The van der Waals surface area contributed by atoms with Gasteiger partial charge in [0.1, 0.15) is 5.82 Å². The minimum absolute atomic E-state index is 0.0489. The van der Waals surface area contributed by atoms with Gasteiger partial charge in [-0.2, -0.15) is 0 Å². The number of carbonyl (C=O) groups excluding carboxylic acids is 1. The molecule has 1 aromatic heterocycles. The molecule has 4 rings (SSSR count). The van der Waals surface area contributed by atoms with Crippen LogP contribution >= 0.6 is 0 Å². The number of hydrogen-bond donors (Lipinski definition) is 1. The Hall–Kier alpha value is -2.30. The van der Waals surface area contributed by atoms with E-state index in [1.54, 1.807) is 12.1 Å². The van der Waals surface area contributed by atoms with E-state index in [0.29, 0.717) is 31.2 Å². The van der Waals surface area contributed by atoms with Crippen LogP contribution in [0.1, 0.15) is 41.7 Å². The Bertz CT molecular complexity index is 753. The molecule has 1 saturated carbocycles. The van der Waals surface area contributed by atoms with Gasteiger partial charge in [0.15, 0.2) is 0 Å². The molecule has 1 aliphatic heterocycles. The molecule has 1 N–H and O–H groups in total. The standard InChI is InChI=1S/C19H22FN3O/c1-13-12-22(17-5-3-2-4-16(17)20)10-11-23(13)19(24)15-8-9-21-18(15)14-6-7-14/h2-5,8-9,13-14,21H,6-7,10-12H2,1H3. The fraction of sp³-hybridized carbons (Fsp3) is 0.421. The number of nitrogens with zero attached hydrogens (tertiary/aromatic N) is 2. The molecule has 0 spiro atoms. The van der Waals surface area contributed by atoms with E-state index < -0.39 is 0 Å². The van der Waals surface area contributed by atoms with Crippen LogP contribution in [0.25, 0.3) is 0 Å². The fourth-order valence-corrected chi connectivity index (χ4v) is 3.62. The molecule has 5 heteroatoms. The van der Waals surface area contributed by atoms with Gasteiger partial charge in [-0.15, -0.1) is 0 Å².